The number of carbonyl (C=O) groups excluding carboxylic acids is 1. The van der Waals surface area contributed by atoms with E-state index in [0.29, 0.717) is 60.2 Å². The number of hydrogen-bond donors (Lipinski definition) is 5. The van der Waals surface area contributed by atoms with Gasteiger partial charge in [0.25, 0.3) is 0 Å². The van der Waals surface area contributed by atoms with Crippen molar-refractivity contribution in [2.24, 2.45) is 26.5 Å². The summed E-state index contributed by atoms with van der Waals surface area (Å²) >= 11 is 12.1. The van der Waals surface area contributed by atoms with Crippen LogP contribution in [-0.2, 0) is 42.7 Å². The zero-order chi connectivity index (χ0) is 57.8. The molecule has 4 aromatic carbocycles. The lowest BCUT2D eigenvalue weighted by molar-refractivity contribution is -0.151. The number of nitrogens with two attached hydrogens (primary N) is 1. The number of carboxylic acid groups (broad SMARTS) is 1. The Hall–Kier alpha value is -5.01. The zero-order valence-corrected chi connectivity index (χ0v) is 48.0. The summed E-state index contributed by atoms with van der Waals surface area (Å²) in [7, 11) is -7.57. The third-order valence-corrected chi connectivity index (χ3v) is 20.0. The average molecular weight is 1240 g/mol. The molecule has 12 rings (SSSR count). The van der Waals surface area contributed by atoms with Gasteiger partial charge in [0.2, 0.25) is 26.0 Å². The first-order chi connectivity index (χ1) is 36.7. The van der Waals surface area contributed by atoms with E-state index >= 15 is 0 Å². The molecular weight excluding hydrogens is 1170 g/mol. The maximum atomic E-state index is 13.8. The minimum absolute atomic E-state index is 0. The molecule has 8 aliphatic rings. The number of carboxylic acids is 1. The quantitative estimate of drug-likeness (QED) is 0.0631. The number of rotatable bonds is 17. The number of aliphatic carboxylic acids is 1. The second-order valence-electron chi connectivity index (χ2n) is 22.6. The lowest BCUT2D eigenvalue weighted by Gasteiger charge is -2.73. The second kappa shape index (κ2) is 23.6. The van der Waals surface area contributed by atoms with E-state index in [1.807, 2.05) is 38.1 Å². The molecule has 6 N–H and O–H groups in total. The number of carbonyl (C=O) groups is 2. The molecule has 4 bridgehead atoms. The molecule has 0 radical (unpaired) electrons. The topological polar surface area (TPSA) is 216 Å². The molecule has 4 aromatic rings. The van der Waals surface area contributed by atoms with Gasteiger partial charge in [-0.25, -0.2) is 21.6 Å². The maximum Gasteiger partial charge on any atom is 0.390 e. The van der Waals surface area contributed by atoms with Gasteiger partial charge >= 0.3 is 18.3 Å². The average Bonchev–Trinajstić information content (AvgIpc) is 3.89. The SMILES string of the molecule is C.CC1(C)NC(C23CC(N(Cc4ccc(Cl)cc4)S(=O)(=O)c4ccccc4)(C2)C3)=N[C@H]1C(=O)NCCC(F)(F)F.CC1(C)NC(C23CC(N(Cc4ccc(Cl)cc4)S(=O)(=O)c4ccccc4)(C2)C3)=N[C@H]1C(=O)O.Cl.NCCC(F)(F)F. The van der Waals surface area contributed by atoms with E-state index in [1.165, 1.54) is 0 Å². The van der Waals surface area contributed by atoms with Crippen LogP contribution in [0.3, 0.4) is 0 Å². The van der Waals surface area contributed by atoms with E-state index in [4.69, 9.17) is 23.2 Å². The molecule has 2 atom stereocenters. The van der Waals surface area contributed by atoms with Crippen molar-refractivity contribution in [3.05, 3.63) is 130 Å². The molecule has 2 heterocycles. The van der Waals surface area contributed by atoms with Crippen LogP contribution in [0.15, 0.2) is 129 Å². The van der Waals surface area contributed by atoms with Gasteiger partial charge in [0.1, 0.15) is 11.7 Å². The van der Waals surface area contributed by atoms with E-state index in [2.05, 4.69) is 31.7 Å². The Morgan fingerprint density at radius 2 is 0.975 bits per heavy atom. The number of hydrogen-bond acceptors (Lipinski definition) is 11. The lowest BCUT2D eigenvalue weighted by Crippen LogP contribution is -2.78. The number of alkyl halides is 6. The summed E-state index contributed by atoms with van der Waals surface area (Å²) in [5, 5.41) is 19.7. The number of nitrogens with zero attached hydrogens (tertiary/aromatic N) is 4. The Morgan fingerprint density at radius 1 is 0.630 bits per heavy atom. The minimum Gasteiger partial charge on any atom is -0.480 e. The molecule has 0 aromatic heterocycles. The third kappa shape index (κ3) is 13.5. The molecule has 2 aliphatic heterocycles. The molecule has 0 spiro atoms. The fraction of sp³-hybridized carbons (Fsp3) is 0.491. The fourth-order valence-electron chi connectivity index (χ4n) is 11.7. The highest BCUT2D eigenvalue weighted by molar-refractivity contribution is 7.89. The van der Waals surface area contributed by atoms with Crippen molar-refractivity contribution >= 4 is 79.2 Å². The Bertz CT molecular complexity index is 3170. The number of amidine groups is 2. The van der Waals surface area contributed by atoms with Crippen molar-refractivity contribution in [2.45, 2.75) is 156 Å². The van der Waals surface area contributed by atoms with Crippen molar-refractivity contribution in [1.29, 1.82) is 0 Å². The van der Waals surface area contributed by atoms with Crippen molar-refractivity contribution in [3.63, 3.8) is 0 Å². The monoisotopic (exact) mass is 1230 g/mol. The van der Waals surface area contributed by atoms with Crippen LogP contribution >= 0.6 is 35.6 Å². The van der Waals surface area contributed by atoms with E-state index in [1.54, 1.807) is 107 Å². The summed E-state index contributed by atoms with van der Waals surface area (Å²) < 4.78 is 129. The highest BCUT2D eigenvalue weighted by Gasteiger charge is 2.76. The first-order valence-electron chi connectivity index (χ1n) is 25.4. The van der Waals surface area contributed by atoms with Crippen LogP contribution in [0.1, 0.15) is 97.6 Å². The van der Waals surface area contributed by atoms with Gasteiger partial charge in [0.15, 0.2) is 12.1 Å². The van der Waals surface area contributed by atoms with Crippen LogP contribution in [0.25, 0.3) is 0 Å². The van der Waals surface area contributed by atoms with E-state index in [9.17, 15) is 57.9 Å². The van der Waals surface area contributed by atoms with Gasteiger partial charge in [-0.3, -0.25) is 14.8 Å². The number of aliphatic imine (C=N–C) groups is 2. The Labute approximate surface area is 485 Å². The van der Waals surface area contributed by atoms with Crippen LogP contribution in [0.4, 0.5) is 26.3 Å². The van der Waals surface area contributed by atoms with Crippen molar-refractivity contribution < 1.29 is 57.9 Å². The molecule has 15 nitrogen and oxygen atoms in total. The van der Waals surface area contributed by atoms with Gasteiger partial charge in [-0.2, -0.15) is 35.0 Å². The normalized spacial score (nSPS) is 26.2. The second-order valence-corrected chi connectivity index (χ2v) is 27.2. The van der Waals surface area contributed by atoms with Crippen LogP contribution in [0.5, 0.6) is 0 Å². The summed E-state index contributed by atoms with van der Waals surface area (Å²) in [5.41, 5.74) is 3.00. The Balaban J connectivity index is 0.000000230. The van der Waals surface area contributed by atoms with Gasteiger partial charge in [-0.1, -0.05) is 91.3 Å². The van der Waals surface area contributed by atoms with Crippen LogP contribution in [0.2, 0.25) is 10.0 Å². The largest absolute Gasteiger partial charge is 0.480 e. The van der Waals surface area contributed by atoms with E-state index in [-0.39, 0.29) is 54.7 Å². The molecule has 0 unspecified atom stereocenters. The van der Waals surface area contributed by atoms with Gasteiger partial charge < -0.3 is 26.8 Å². The van der Waals surface area contributed by atoms with Crippen molar-refractivity contribution in [2.75, 3.05) is 13.1 Å². The molecule has 81 heavy (non-hydrogen) atoms. The first kappa shape index (κ1) is 65.1. The minimum atomic E-state index is -4.36. The predicted octanol–water partition coefficient (Wildman–Crippen LogP) is 10.3. The van der Waals surface area contributed by atoms with Crippen molar-refractivity contribution in [3.8, 4) is 0 Å². The Kier molecular flexibility index (Phi) is 19.0. The summed E-state index contributed by atoms with van der Waals surface area (Å²) in [5.74, 6) is -0.205. The smallest absolute Gasteiger partial charge is 0.390 e. The summed E-state index contributed by atoms with van der Waals surface area (Å²) in [4.78, 5) is 34.0. The van der Waals surface area contributed by atoms with Crippen LogP contribution in [-0.4, -0.2) is 114 Å². The number of benzene rings is 4. The van der Waals surface area contributed by atoms with Gasteiger partial charge in [-0.15, -0.1) is 12.4 Å². The van der Waals surface area contributed by atoms with E-state index < -0.39 is 103 Å². The molecule has 1 amide bonds. The summed E-state index contributed by atoms with van der Waals surface area (Å²) in [6, 6.07) is 29.4. The molecule has 26 heteroatoms. The molecule has 6 aliphatic carbocycles. The molecule has 6 saturated carbocycles. The predicted molar refractivity (Wildman–Crippen MR) is 301 cm³/mol. The highest BCUT2D eigenvalue weighted by atomic mass is 35.5. The standard InChI is InChI=1S/C27H30ClF3N4O3S.C24H26ClN3O4S.C3H6F3N.CH4.ClH/c1-24(2)21(22(36)32-13-12-27(29,30)31)33-23(34-24)25-15-26(16-25,17-25)35(14-18-8-10-19(28)11-9-18)39(37,38)20-6-4-3-5-7-20;1-22(2)19(20(29)30)26-21(27-22)23-13-24(14-23,15-23)28(12-16-8-10-17(25)11-9-16)33(31,32)18-6-4-3-5-7-18;4-3(5,6)1-2-7;;/h3-11,21H,12-17H2,1-2H3,(H,32,36)(H,33,34);3-11,19H,12-15H2,1-2H3,(H,26,27)(H,29,30);1-2,7H2;1H4;1H/t21-,25?,26?;19-,23?,24?;;;/m00.../s1. The van der Waals surface area contributed by atoms with E-state index in [0.717, 1.165) is 11.1 Å². The maximum absolute atomic E-state index is 13.8. The molecule has 0 saturated heterocycles. The number of amides is 1. The van der Waals surface area contributed by atoms with Crippen LogP contribution < -0.4 is 21.7 Å². The zero-order valence-electron chi connectivity index (χ0n) is 44.0. The highest BCUT2D eigenvalue weighted by Crippen LogP contribution is 2.73. The lowest BCUT2D eigenvalue weighted by atomic mass is 9.38. The molecule has 444 valence electrons. The molecular formula is C55H67Cl3F6N8O7S2. The first-order valence-corrected chi connectivity index (χ1v) is 29.1. The fourth-order valence-corrected chi connectivity index (χ4v) is 15.5. The van der Waals surface area contributed by atoms with Gasteiger partial charge in [0, 0.05) is 58.1 Å². The summed E-state index contributed by atoms with van der Waals surface area (Å²) in [6.45, 7) is 6.82. The molecule has 6 fully saturated rings. The van der Waals surface area contributed by atoms with Gasteiger partial charge in [0.05, 0.1) is 33.7 Å². The summed E-state index contributed by atoms with van der Waals surface area (Å²) in [6.07, 6.45) is -6.97. The van der Waals surface area contributed by atoms with Crippen LogP contribution in [0, 0.1) is 10.8 Å². The third-order valence-electron chi connectivity index (χ3n) is 15.6. The number of halogens is 9. The van der Waals surface area contributed by atoms with Gasteiger partial charge in [-0.05, 0) is 126 Å². The number of nitrogens with one attached hydrogen (secondary N) is 3. The van der Waals surface area contributed by atoms with Crippen molar-refractivity contribution in [1.82, 2.24) is 24.6 Å². The Morgan fingerprint density at radius 3 is 1.28 bits per heavy atom. The number of sulfonamides is 2.